The molecule has 0 bridgehead atoms. The summed E-state index contributed by atoms with van der Waals surface area (Å²) in [6.07, 6.45) is 0.302. The number of hydrogen-bond donors (Lipinski definition) is 1. The van der Waals surface area contributed by atoms with Gasteiger partial charge in [-0.25, -0.2) is 27.1 Å². The van der Waals surface area contributed by atoms with Gasteiger partial charge in [-0.1, -0.05) is 6.07 Å². The quantitative estimate of drug-likeness (QED) is 0.424. The number of nitrogens with zero attached hydrogens (tertiary/aromatic N) is 6. The third-order valence-corrected chi connectivity index (χ3v) is 5.84. The molecule has 34 heavy (non-hydrogen) atoms. The largest absolute Gasteiger partial charge is 0.479 e. The van der Waals surface area contributed by atoms with Gasteiger partial charge in [-0.2, -0.15) is 4.98 Å². The van der Waals surface area contributed by atoms with Crippen molar-refractivity contribution in [3.8, 4) is 17.0 Å². The molecule has 12 heteroatoms. The van der Waals surface area contributed by atoms with Crippen LogP contribution in [0.15, 0.2) is 36.8 Å². The zero-order valence-electron chi connectivity index (χ0n) is 21.1. The minimum absolute atomic E-state index is 0.0403. The molecule has 1 unspecified atom stereocenters. The van der Waals surface area contributed by atoms with Crippen molar-refractivity contribution in [3.63, 3.8) is 0 Å². The van der Waals surface area contributed by atoms with Crippen molar-refractivity contribution < 1.29 is 26.4 Å². The monoisotopic (exact) mass is 480 g/mol. The number of halogens is 4. The van der Waals surface area contributed by atoms with Gasteiger partial charge in [-0.3, -0.25) is 0 Å². The minimum Gasteiger partial charge on any atom is -0.479 e. The molecular weight excluding hydrogens is 454 g/mol. The third-order valence-electron chi connectivity index (χ3n) is 5.84. The Hall–Kier alpha value is -3.41. The average Bonchev–Trinajstić information content (AvgIpc) is 3.42. The van der Waals surface area contributed by atoms with Crippen LogP contribution in [-0.4, -0.2) is 74.6 Å². The molecular formula is C22H23F4N7O. The molecule has 1 N–H and O–H groups in total. The maximum absolute atomic E-state index is 14.8. The van der Waals surface area contributed by atoms with Crippen molar-refractivity contribution in [3.05, 3.63) is 36.8 Å². The Morgan fingerprint density at radius 3 is 2.91 bits per heavy atom. The van der Waals surface area contributed by atoms with E-state index in [9.17, 15) is 17.6 Å². The van der Waals surface area contributed by atoms with Crippen LogP contribution in [0.4, 0.5) is 23.5 Å². The average molecular weight is 480 g/mol. The Labute approximate surface area is 196 Å². The molecule has 1 fully saturated rings. The first-order valence-corrected chi connectivity index (χ1v) is 10.5. The summed E-state index contributed by atoms with van der Waals surface area (Å²) < 4.78 is 85.9. The highest BCUT2D eigenvalue weighted by molar-refractivity contribution is 5.89. The number of aromatic nitrogens is 5. The highest BCUT2D eigenvalue weighted by atomic mass is 19.3. The number of nitrogens with one attached hydrogen (secondary N) is 1. The molecule has 5 rings (SSSR count). The molecule has 1 aliphatic rings. The van der Waals surface area contributed by atoms with E-state index in [0.29, 0.717) is 27.7 Å². The smallest absolute Gasteiger partial charge is 0.280 e. The van der Waals surface area contributed by atoms with E-state index >= 15 is 0 Å². The number of fused-ring (bicyclic) bond motifs is 2. The van der Waals surface area contributed by atoms with Crippen LogP contribution in [0.3, 0.4) is 0 Å². The number of benzene rings is 1. The number of rotatable bonds is 6. The normalized spacial score (nSPS) is 20.4. The van der Waals surface area contributed by atoms with Crippen molar-refractivity contribution >= 4 is 22.5 Å². The van der Waals surface area contributed by atoms with Crippen molar-refractivity contribution in [1.82, 2.24) is 29.0 Å². The van der Waals surface area contributed by atoms with Crippen molar-refractivity contribution in [1.29, 1.82) is 0 Å². The molecule has 3 aromatic heterocycles. The predicted molar refractivity (Wildman–Crippen MR) is 119 cm³/mol. The molecule has 1 saturated heterocycles. The number of imidazole rings is 1. The summed E-state index contributed by atoms with van der Waals surface area (Å²) in [7, 11) is 1.38. The minimum atomic E-state index is -3.34. The van der Waals surface area contributed by atoms with E-state index in [1.165, 1.54) is 22.5 Å². The molecule has 0 spiro atoms. The number of ether oxygens (including phenoxy) is 1. The van der Waals surface area contributed by atoms with Gasteiger partial charge in [0.2, 0.25) is 11.8 Å². The summed E-state index contributed by atoms with van der Waals surface area (Å²) in [5.41, 5.74) is 2.87. The summed E-state index contributed by atoms with van der Waals surface area (Å²) in [5, 5.41) is 6.95. The fourth-order valence-corrected chi connectivity index (χ4v) is 4.22. The molecule has 0 amide bonds. The van der Waals surface area contributed by atoms with E-state index in [2.05, 4.69) is 20.4 Å². The number of likely N-dealkylation sites (tertiary alicyclic amines) is 1. The Balaban J connectivity index is 1.47. The summed E-state index contributed by atoms with van der Waals surface area (Å²) >= 11 is 0. The molecule has 1 aliphatic heterocycles. The first-order chi connectivity index (χ1) is 17.5. The fourth-order valence-electron chi connectivity index (χ4n) is 4.22. The van der Waals surface area contributed by atoms with Crippen LogP contribution < -0.4 is 10.1 Å². The molecule has 0 aliphatic carbocycles. The third kappa shape index (κ3) is 4.02. The maximum Gasteiger partial charge on any atom is 0.280 e. The Kier molecular flexibility index (Phi) is 4.70. The molecule has 0 radical (unpaired) electrons. The molecule has 1 atom stereocenters. The predicted octanol–water partition coefficient (Wildman–Crippen LogP) is 3.77. The van der Waals surface area contributed by atoms with Crippen LogP contribution in [0.25, 0.3) is 27.7 Å². The van der Waals surface area contributed by atoms with Gasteiger partial charge in [0.1, 0.15) is 5.52 Å². The van der Waals surface area contributed by atoms with Gasteiger partial charge < -0.3 is 19.5 Å². The number of piperidine rings is 1. The second-order valence-corrected chi connectivity index (χ2v) is 8.13. The molecule has 4 heterocycles. The van der Waals surface area contributed by atoms with Crippen LogP contribution in [0.5, 0.6) is 5.88 Å². The molecule has 0 saturated carbocycles. The summed E-state index contributed by atoms with van der Waals surface area (Å²) in [5.74, 6) is -3.33. The first kappa shape index (κ1) is 19.0. The highest BCUT2D eigenvalue weighted by Crippen LogP contribution is 2.34. The second kappa shape index (κ2) is 8.42. The van der Waals surface area contributed by atoms with Crippen LogP contribution in [0.1, 0.15) is 10.5 Å². The maximum atomic E-state index is 14.8. The van der Waals surface area contributed by atoms with Crippen LogP contribution in [0.2, 0.25) is 0 Å². The van der Waals surface area contributed by atoms with Crippen molar-refractivity contribution in [2.24, 2.45) is 0 Å². The van der Waals surface area contributed by atoms with Crippen molar-refractivity contribution in [2.45, 2.75) is 31.4 Å². The first-order valence-electron chi connectivity index (χ1n) is 12.0. The lowest BCUT2D eigenvalue weighted by atomic mass is 10.0. The lowest BCUT2D eigenvalue weighted by Crippen LogP contribution is -2.53. The van der Waals surface area contributed by atoms with E-state index < -0.39 is 38.5 Å². The lowest BCUT2D eigenvalue weighted by Gasteiger charge is -2.36. The number of anilines is 1. The van der Waals surface area contributed by atoms with Crippen LogP contribution >= 0.6 is 0 Å². The van der Waals surface area contributed by atoms with Gasteiger partial charge in [-0.05, 0) is 37.2 Å². The van der Waals surface area contributed by atoms with Gasteiger partial charge in [0.25, 0.3) is 12.3 Å². The number of alkyl halides is 4. The van der Waals surface area contributed by atoms with E-state index in [1.54, 1.807) is 30.5 Å². The molecule has 180 valence electrons. The summed E-state index contributed by atoms with van der Waals surface area (Å²) in [6.45, 7) is -4.05. The van der Waals surface area contributed by atoms with E-state index in [1.807, 2.05) is 0 Å². The van der Waals surface area contributed by atoms with E-state index in [0.717, 1.165) is 4.90 Å². The Bertz CT molecular complexity index is 1440. The Morgan fingerprint density at radius 1 is 1.32 bits per heavy atom. The fraction of sp³-hybridized carbons (Fsp3) is 0.409. The zero-order chi connectivity index (χ0) is 26.5. The van der Waals surface area contributed by atoms with Gasteiger partial charge >= 0.3 is 0 Å². The summed E-state index contributed by atoms with van der Waals surface area (Å²) in [4.78, 5) is 9.21. The van der Waals surface area contributed by atoms with Crippen LogP contribution in [0, 0.1) is 0 Å². The van der Waals surface area contributed by atoms with Gasteiger partial charge in [-0.15, -0.1) is 5.10 Å². The van der Waals surface area contributed by atoms with Gasteiger partial charge in [0.15, 0.2) is 0 Å². The van der Waals surface area contributed by atoms with Crippen LogP contribution in [-0.2, 0) is 6.54 Å². The number of hydrogen-bond acceptors (Lipinski definition) is 6. The molecule has 4 aromatic rings. The lowest BCUT2D eigenvalue weighted by molar-refractivity contribution is -0.0675. The second-order valence-electron chi connectivity index (χ2n) is 8.13. The highest BCUT2D eigenvalue weighted by Gasteiger charge is 2.44. The Morgan fingerprint density at radius 2 is 2.18 bits per heavy atom. The zero-order valence-corrected chi connectivity index (χ0v) is 18.1. The van der Waals surface area contributed by atoms with Gasteiger partial charge in [0, 0.05) is 22.4 Å². The van der Waals surface area contributed by atoms with Crippen molar-refractivity contribution in [2.75, 3.05) is 32.5 Å². The topological polar surface area (TPSA) is 72.5 Å². The van der Waals surface area contributed by atoms with E-state index in [-0.39, 0.29) is 24.8 Å². The van der Waals surface area contributed by atoms with Gasteiger partial charge in [0.05, 0.1) is 43.6 Å². The standard InChI is InChI=1S/C22H23F4N7O/c1-31-7-6-17(22(25,26)11-31)28-21-29-20(34-2)19-14(5-8-33(19)30-21)13-3-4-15-16(9-13)32(12-27-15)10-18(23)24/h3-5,8-9,12,17-18H,6-7,10-11H2,1-2H3,(H,28,30)/i1D3. The number of methoxy groups -OCH3 is 1. The summed E-state index contributed by atoms with van der Waals surface area (Å²) in [6, 6.07) is 5.58. The molecule has 1 aromatic carbocycles. The van der Waals surface area contributed by atoms with E-state index in [4.69, 9.17) is 8.85 Å². The molecule has 8 nitrogen and oxygen atoms in total. The SMILES string of the molecule is [2H]C([2H])([2H])N1CCC(Nc2nc(OC)c3c(-c4ccc5ncn(CC(F)F)c5c4)ccn3n2)C(F)(F)C1.